The molecule has 1 N–H and O–H groups in total. The second-order valence-electron chi connectivity index (χ2n) is 4.83. The Morgan fingerprint density at radius 3 is 2.15 bits per heavy atom. The summed E-state index contributed by atoms with van der Waals surface area (Å²) in [6.45, 7) is 5.00. The standard InChI is InChI=1S/C14H16O5.K.H/c1-14(2,3)18-13(16)12(19-17)9-11(15)10-7-5-4-6-8-10;;/h4-9,17H,1-3H3;;. The molecule has 0 aliphatic carbocycles. The van der Waals surface area contributed by atoms with E-state index in [0.717, 1.165) is 6.08 Å². The van der Waals surface area contributed by atoms with Gasteiger partial charge in [0.25, 0.3) is 5.76 Å². The van der Waals surface area contributed by atoms with Crippen molar-refractivity contribution in [2.24, 2.45) is 0 Å². The Morgan fingerprint density at radius 2 is 1.70 bits per heavy atom. The molecule has 0 amide bonds. The molecule has 0 saturated heterocycles. The first-order valence-electron chi connectivity index (χ1n) is 5.69. The molecule has 6 heteroatoms. The van der Waals surface area contributed by atoms with Crippen LogP contribution in [0.2, 0.25) is 0 Å². The van der Waals surface area contributed by atoms with Gasteiger partial charge in [0.2, 0.25) is 0 Å². The van der Waals surface area contributed by atoms with Crippen molar-refractivity contribution in [1.29, 1.82) is 0 Å². The van der Waals surface area contributed by atoms with Crippen LogP contribution in [-0.4, -0.2) is 74.0 Å². The van der Waals surface area contributed by atoms with E-state index in [1.807, 2.05) is 0 Å². The van der Waals surface area contributed by atoms with E-state index in [1.165, 1.54) is 0 Å². The van der Waals surface area contributed by atoms with E-state index < -0.39 is 23.1 Å². The molecule has 0 bridgehead atoms. The van der Waals surface area contributed by atoms with Crippen LogP contribution < -0.4 is 0 Å². The summed E-state index contributed by atoms with van der Waals surface area (Å²) in [5.74, 6) is -1.92. The van der Waals surface area contributed by atoms with Gasteiger partial charge in [-0.15, -0.1) is 0 Å². The second kappa shape index (κ2) is 8.71. The van der Waals surface area contributed by atoms with Crippen LogP contribution in [0.3, 0.4) is 0 Å². The van der Waals surface area contributed by atoms with Gasteiger partial charge < -0.3 is 9.62 Å². The molecule has 20 heavy (non-hydrogen) atoms. The molecule has 0 heterocycles. The zero-order valence-electron chi connectivity index (χ0n) is 11.0. The van der Waals surface area contributed by atoms with Crippen LogP contribution in [-0.2, 0) is 14.4 Å². The molecule has 0 aromatic heterocycles. The van der Waals surface area contributed by atoms with Gasteiger partial charge in [-0.2, -0.15) is 0 Å². The summed E-state index contributed by atoms with van der Waals surface area (Å²) < 4.78 is 4.98. The number of hydrogen-bond donors (Lipinski definition) is 1. The molecular formula is C14H17KO5. The molecule has 1 rings (SSSR count). The number of allylic oxidation sites excluding steroid dienone is 1. The van der Waals surface area contributed by atoms with Gasteiger partial charge in [-0.1, -0.05) is 30.3 Å². The molecule has 1 aromatic carbocycles. The van der Waals surface area contributed by atoms with Crippen molar-refractivity contribution in [1.82, 2.24) is 0 Å². The third kappa shape index (κ3) is 6.78. The fraction of sp³-hybridized carbons (Fsp3) is 0.286. The van der Waals surface area contributed by atoms with Gasteiger partial charge in [-0.25, -0.2) is 10.1 Å². The van der Waals surface area contributed by atoms with Crippen LogP contribution in [0.5, 0.6) is 0 Å². The van der Waals surface area contributed by atoms with Crippen LogP contribution in [0.1, 0.15) is 31.1 Å². The van der Waals surface area contributed by atoms with Crippen molar-refractivity contribution in [2.45, 2.75) is 26.4 Å². The van der Waals surface area contributed by atoms with Crippen LogP contribution in [0, 0.1) is 0 Å². The van der Waals surface area contributed by atoms with Crippen molar-refractivity contribution >= 4 is 63.1 Å². The number of carbonyl (C=O) groups is 2. The van der Waals surface area contributed by atoms with Gasteiger partial charge in [0.1, 0.15) is 5.60 Å². The Balaban J connectivity index is 0.00000361. The van der Waals surface area contributed by atoms with Crippen LogP contribution in [0.15, 0.2) is 42.2 Å². The normalized spacial score (nSPS) is 11.3. The quantitative estimate of drug-likeness (QED) is 0.175. The van der Waals surface area contributed by atoms with E-state index in [0.29, 0.717) is 5.56 Å². The van der Waals surface area contributed by atoms with Crippen molar-refractivity contribution < 1.29 is 24.5 Å². The summed E-state index contributed by atoms with van der Waals surface area (Å²) in [5.41, 5.74) is -0.370. The molecule has 0 saturated carbocycles. The van der Waals surface area contributed by atoms with Crippen molar-refractivity contribution in [3.05, 3.63) is 47.7 Å². The third-order valence-electron chi connectivity index (χ3n) is 2.02. The molecule has 0 aliphatic rings. The summed E-state index contributed by atoms with van der Waals surface area (Å²) >= 11 is 0. The summed E-state index contributed by atoms with van der Waals surface area (Å²) in [7, 11) is 0. The topological polar surface area (TPSA) is 72.8 Å². The molecular weight excluding hydrogens is 287 g/mol. The maximum atomic E-state index is 11.8. The average molecular weight is 304 g/mol. The van der Waals surface area contributed by atoms with Crippen molar-refractivity contribution in [2.75, 3.05) is 0 Å². The van der Waals surface area contributed by atoms with Gasteiger partial charge in [0, 0.05) is 11.6 Å². The van der Waals surface area contributed by atoms with Gasteiger partial charge in [-0.3, -0.25) is 4.79 Å². The predicted molar refractivity (Wildman–Crippen MR) is 75.6 cm³/mol. The molecule has 0 fully saturated rings. The number of esters is 1. The molecule has 1 aromatic rings. The number of rotatable bonds is 4. The number of hydrogen-bond acceptors (Lipinski definition) is 5. The van der Waals surface area contributed by atoms with E-state index in [-0.39, 0.29) is 51.4 Å². The summed E-state index contributed by atoms with van der Waals surface area (Å²) in [4.78, 5) is 27.4. The Labute approximate surface area is 160 Å². The minimum absolute atomic E-state index is 0. The zero-order chi connectivity index (χ0) is 14.5. The first-order chi connectivity index (χ1) is 8.83. The number of carbonyl (C=O) groups excluding carboxylic acids is 2. The molecule has 5 nitrogen and oxygen atoms in total. The van der Waals surface area contributed by atoms with Crippen LogP contribution in [0.25, 0.3) is 0 Å². The second-order valence-corrected chi connectivity index (χ2v) is 4.83. The average Bonchev–Trinajstić information content (AvgIpc) is 2.34. The van der Waals surface area contributed by atoms with E-state index in [4.69, 9.17) is 9.99 Å². The SMILES string of the molecule is CC(C)(C)OC(=O)C(=CC(=O)c1ccccc1)OO.[KH]. The molecule has 0 aliphatic heterocycles. The molecule has 0 unspecified atom stereocenters. The molecule has 0 spiro atoms. The number of ketones is 1. The van der Waals surface area contributed by atoms with E-state index >= 15 is 0 Å². The molecule has 0 atom stereocenters. The Bertz CT molecular complexity index is 488. The summed E-state index contributed by atoms with van der Waals surface area (Å²) in [6.07, 6.45) is 0.892. The van der Waals surface area contributed by atoms with Crippen molar-refractivity contribution in [3.8, 4) is 0 Å². The first-order valence-corrected chi connectivity index (χ1v) is 5.69. The van der Waals surface area contributed by atoms with E-state index in [1.54, 1.807) is 51.1 Å². The van der Waals surface area contributed by atoms with Gasteiger partial charge in [0.05, 0.1) is 0 Å². The van der Waals surface area contributed by atoms with Crippen LogP contribution in [0.4, 0.5) is 0 Å². The predicted octanol–water partition coefficient (Wildman–Crippen LogP) is 1.94. The van der Waals surface area contributed by atoms with Crippen LogP contribution >= 0.6 is 0 Å². The number of ether oxygens (including phenoxy) is 1. The van der Waals surface area contributed by atoms with Gasteiger partial charge in [-0.05, 0) is 20.8 Å². The summed E-state index contributed by atoms with van der Waals surface area (Å²) in [6, 6.07) is 8.31. The Kier molecular flexibility index (Phi) is 8.49. The van der Waals surface area contributed by atoms with Gasteiger partial charge >= 0.3 is 57.4 Å². The van der Waals surface area contributed by atoms with Gasteiger partial charge in [0.15, 0.2) is 5.78 Å². The molecule has 104 valence electrons. The van der Waals surface area contributed by atoms with E-state index in [2.05, 4.69) is 4.89 Å². The zero-order valence-corrected chi connectivity index (χ0v) is 11.0. The fourth-order valence-electron chi connectivity index (χ4n) is 1.26. The first kappa shape index (κ1) is 19.5. The number of benzene rings is 1. The fourth-order valence-corrected chi connectivity index (χ4v) is 1.26. The minimum atomic E-state index is -0.903. The molecule has 0 radical (unpaired) electrons. The Morgan fingerprint density at radius 1 is 1.15 bits per heavy atom. The Hall–Kier alpha value is -0.504. The van der Waals surface area contributed by atoms with Crippen molar-refractivity contribution in [3.63, 3.8) is 0 Å². The monoisotopic (exact) mass is 304 g/mol. The third-order valence-corrected chi connectivity index (χ3v) is 2.02. The summed E-state index contributed by atoms with van der Waals surface area (Å²) in [5, 5.41) is 8.67. The maximum absolute atomic E-state index is 11.8. The van der Waals surface area contributed by atoms with E-state index in [9.17, 15) is 9.59 Å².